The quantitative estimate of drug-likeness (QED) is 0.836. The molecule has 3 nitrogen and oxygen atoms in total. The molecule has 0 saturated carbocycles. The van der Waals surface area contributed by atoms with Gasteiger partial charge in [0, 0.05) is 10.2 Å². The van der Waals surface area contributed by atoms with Gasteiger partial charge in [0.2, 0.25) is 0 Å². The Morgan fingerprint density at radius 3 is 2.69 bits per heavy atom. The highest BCUT2D eigenvalue weighted by Crippen LogP contribution is 2.23. The van der Waals surface area contributed by atoms with Crippen molar-refractivity contribution >= 4 is 33.2 Å². The molecule has 1 aromatic carbocycles. The van der Waals surface area contributed by atoms with Crippen molar-refractivity contribution < 1.29 is 4.79 Å². The largest absolute Gasteiger partial charge is 0.272 e. The second-order valence-electron chi connectivity index (χ2n) is 3.77. The lowest BCUT2D eigenvalue weighted by molar-refractivity contribution is -0.116. The van der Waals surface area contributed by atoms with Gasteiger partial charge >= 0.3 is 0 Å². The van der Waals surface area contributed by atoms with Gasteiger partial charge in [0.15, 0.2) is 0 Å². The molecule has 0 unspecified atom stereocenters. The fourth-order valence-corrected chi connectivity index (χ4v) is 1.96. The normalized spacial score (nSPS) is 15.5. The molecule has 84 valence electrons. The molecular weight excluding hydrogens is 268 g/mol. The van der Waals surface area contributed by atoms with Crippen molar-refractivity contribution in [2.75, 3.05) is 5.01 Å². The number of amides is 1. The Labute approximate surface area is 103 Å². The third-order valence-electron chi connectivity index (χ3n) is 2.44. The number of hydrazone groups is 1. The summed E-state index contributed by atoms with van der Waals surface area (Å²) in [5, 5.41) is 5.84. The van der Waals surface area contributed by atoms with Gasteiger partial charge in [0.05, 0.1) is 12.1 Å². The predicted octanol–water partition coefficient (Wildman–Crippen LogP) is 3.34. The van der Waals surface area contributed by atoms with Gasteiger partial charge in [-0.25, -0.2) is 5.01 Å². The summed E-state index contributed by atoms with van der Waals surface area (Å²) in [6.45, 7) is 2.09. The predicted molar refractivity (Wildman–Crippen MR) is 68.6 cm³/mol. The van der Waals surface area contributed by atoms with Crippen molar-refractivity contribution in [3.8, 4) is 0 Å². The van der Waals surface area contributed by atoms with Gasteiger partial charge in [0.25, 0.3) is 5.91 Å². The van der Waals surface area contributed by atoms with Crippen LogP contribution in [0.4, 0.5) is 5.69 Å². The van der Waals surface area contributed by atoms with Crippen LogP contribution in [0.3, 0.4) is 0 Å². The molecule has 1 aliphatic rings. The van der Waals surface area contributed by atoms with E-state index in [-0.39, 0.29) is 5.91 Å². The number of benzene rings is 1. The lowest BCUT2D eigenvalue weighted by Crippen LogP contribution is -2.19. The van der Waals surface area contributed by atoms with Crippen LogP contribution in [-0.4, -0.2) is 11.6 Å². The molecule has 0 N–H and O–H groups in total. The standard InChI is InChI=1S/C12H13BrN2O/c1-2-3-10-8-12(16)15(14-10)11-6-4-9(13)5-7-11/h4-7H,2-3,8H2,1H3. The smallest absolute Gasteiger partial charge is 0.253 e. The first-order valence-electron chi connectivity index (χ1n) is 5.35. The molecule has 0 radical (unpaired) electrons. The minimum atomic E-state index is 0.0609. The molecular formula is C12H13BrN2O. The van der Waals surface area contributed by atoms with Crippen LogP contribution >= 0.6 is 15.9 Å². The number of carbonyl (C=O) groups is 1. The first kappa shape index (κ1) is 11.3. The molecule has 0 fully saturated rings. The lowest BCUT2D eigenvalue weighted by atomic mass is 10.2. The number of halogens is 1. The van der Waals surface area contributed by atoms with E-state index in [0.717, 1.165) is 28.7 Å². The van der Waals surface area contributed by atoms with E-state index in [9.17, 15) is 4.79 Å². The zero-order valence-electron chi connectivity index (χ0n) is 9.11. The van der Waals surface area contributed by atoms with Gasteiger partial charge in [-0.2, -0.15) is 5.10 Å². The molecule has 1 aromatic rings. The molecule has 0 aliphatic carbocycles. The second-order valence-corrected chi connectivity index (χ2v) is 4.69. The summed E-state index contributed by atoms with van der Waals surface area (Å²) in [6, 6.07) is 7.60. The van der Waals surface area contributed by atoms with E-state index in [1.807, 2.05) is 24.3 Å². The number of carbonyl (C=O) groups excluding carboxylic acids is 1. The van der Waals surface area contributed by atoms with Crippen LogP contribution in [0.5, 0.6) is 0 Å². The maximum atomic E-state index is 11.7. The second kappa shape index (κ2) is 4.78. The van der Waals surface area contributed by atoms with Crippen molar-refractivity contribution in [3.63, 3.8) is 0 Å². The van der Waals surface area contributed by atoms with Crippen LogP contribution < -0.4 is 5.01 Å². The Morgan fingerprint density at radius 2 is 2.06 bits per heavy atom. The fourth-order valence-electron chi connectivity index (χ4n) is 1.69. The first-order chi connectivity index (χ1) is 7.70. The average molecular weight is 281 g/mol. The Hall–Kier alpha value is -1.16. The third-order valence-corrected chi connectivity index (χ3v) is 2.97. The van der Waals surface area contributed by atoms with Crippen molar-refractivity contribution in [1.82, 2.24) is 0 Å². The van der Waals surface area contributed by atoms with Gasteiger partial charge in [-0.05, 0) is 30.7 Å². The highest BCUT2D eigenvalue weighted by atomic mass is 79.9. The fraction of sp³-hybridized carbons (Fsp3) is 0.333. The van der Waals surface area contributed by atoms with E-state index in [0.29, 0.717) is 6.42 Å². The zero-order valence-corrected chi connectivity index (χ0v) is 10.7. The van der Waals surface area contributed by atoms with E-state index < -0.39 is 0 Å². The number of rotatable bonds is 3. The topological polar surface area (TPSA) is 32.7 Å². The maximum absolute atomic E-state index is 11.7. The molecule has 1 aliphatic heterocycles. The zero-order chi connectivity index (χ0) is 11.5. The Kier molecular flexibility index (Phi) is 3.39. The van der Waals surface area contributed by atoms with Gasteiger partial charge < -0.3 is 0 Å². The minimum Gasteiger partial charge on any atom is -0.272 e. The van der Waals surface area contributed by atoms with E-state index in [2.05, 4.69) is 28.0 Å². The monoisotopic (exact) mass is 280 g/mol. The van der Waals surface area contributed by atoms with E-state index in [1.165, 1.54) is 5.01 Å². The van der Waals surface area contributed by atoms with Crippen LogP contribution in [0.2, 0.25) is 0 Å². The van der Waals surface area contributed by atoms with Crippen LogP contribution in [0.1, 0.15) is 26.2 Å². The summed E-state index contributed by atoms with van der Waals surface area (Å²) in [5.74, 6) is 0.0609. The van der Waals surface area contributed by atoms with E-state index in [1.54, 1.807) is 0 Å². The maximum Gasteiger partial charge on any atom is 0.253 e. The van der Waals surface area contributed by atoms with Gasteiger partial charge in [-0.1, -0.05) is 29.3 Å². The number of hydrogen-bond acceptors (Lipinski definition) is 2. The number of nitrogens with zero attached hydrogens (tertiary/aromatic N) is 2. The third kappa shape index (κ3) is 2.32. The highest BCUT2D eigenvalue weighted by Gasteiger charge is 2.24. The SMILES string of the molecule is CCCC1=NN(c2ccc(Br)cc2)C(=O)C1. The van der Waals surface area contributed by atoms with Gasteiger partial charge in [0.1, 0.15) is 0 Å². The Bertz CT molecular complexity index is 425. The molecule has 0 saturated heterocycles. The molecule has 0 aromatic heterocycles. The van der Waals surface area contributed by atoms with Gasteiger partial charge in [-0.3, -0.25) is 4.79 Å². The first-order valence-corrected chi connectivity index (χ1v) is 6.15. The Balaban J connectivity index is 2.21. The van der Waals surface area contributed by atoms with E-state index in [4.69, 9.17) is 0 Å². The summed E-state index contributed by atoms with van der Waals surface area (Å²) < 4.78 is 1.00. The number of hydrogen-bond donors (Lipinski definition) is 0. The highest BCUT2D eigenvalue weighted by molar-refractivity contribution is 9.10. The van der Waals surface area contributed by atoms with E-state index >= 15 is 0 Å². The Morgan fingerprint density at radius 1 is 1.38 bits per heavy atom. The van der Waals surface area contributed by atoms with Crippen LogP contribution in [0.25, 0.3) is 0 Å². The van der Waals surface area contributed by atoms with Crippen LogP contribution in [0, 0.1) is 0 Å². The van der Waals surface area contributed by atoms with Crippen LogP contribution in [-0.2, 0) is 4.79 Å². The molecule has 16 heavy (non-hydrogen) atoms. The minimum absolute atomic E-state index is 0.0609. The molecule has 4 heteroatoms. The van der Waals surface area contributed by atoms with Gasteiger partial charge in [-0.15, -0.1) is 0 Å². The van der Waals surface area contributed by atoms with Crippen molar-refractivity contribution in [2.45, 2.75) is 26.2 Å². The molecule has 0 bridgehead atoms. The van der Waals surface area contributed by atoms with Crippen molar-refractivity contribution in [3.05, 3.63) is 28.7 Å². The molecule has 1 amide bonds. The van der Waals surface area contributed by atoms with Crippen LogP contribution in [0.15, 0.2) is 33.8 Å². The summed E-state index contributed by atoms with van der Waals surface area (Å²) in [4.78, 5) is 11.7. The lowest BCUT2D eigenvalue weighted by Gasteiger charge is -2.11. The molecule has 1 heterocycles. The molecule has 0 spiro atoms. The molecule has 2 rings (SSSR count). The summed E-state index contributed by atoms with van der Waals surface area (Å²) in [7, 11) is 0. The summed E-state index contributed by atoms with van der Waals surface area (Å²) >= 11 is 3.37. The van der Waals surface area contributed by atoms with Crippen molar-refractivity contribution in [2.24, 2.45) is 5.10 Å². The van der Waals surface area contributed by atoms with Crippen molar-refractivity contribution in [1.29, 1.82) is 0 Å². The summed E-state index contributed by atoms with van der Waals surface area (Å²) in [6.07, 6.45) is 2.39. The average Bonchev–Trinajstić information content (AvgIpc) is 2.61. The molecule has 0 atom stereocenters. The number of anilines is 1. The summed E-state index contributed by atoms with van der Waals surface area (Å²) in [5.41, 5.74) is 1.81.